The molecule has 1 heterocycles. The van der Waals surface area contributed by atoms with Crippen LogP contribution in [0.2, 0.25) is 5.02 Å². The summed E-state index contributed by atoms with van der Waals surface area (Å²) in [7, 11) is 0. The number of aryl methyl sites for hydroxylation is 1. The van der Waals surface area contributed by atoms with Crippen molar-refractivity contribution in [2.45, 2.75) is 18.9 Å². The number of hydrogen-bond acceptors (Lipinski definition) is 2. The maximum Gasteiger partial charge on any atom is 0.319 e. The number of para-hydroxylation sites is 1. The SMILES string of the molecule is O=C(NCC1CCc2ccccc2N1)Nc1ccc(Cl)cc1. The number of anilines is 2. The fraction of sp³-hybridized carbons (Fsp3) is 0.235. The summed E-state index contributed by atoms with van der Waals surface area (Å²) in [6, 6.07) is 15.4. The number of nitrogens with one attached hydrogen (secondary N) is 3. The van der Waals surface area contributed by atoms with E-state index in [0.717, 1.165) is 18.5 Å². The van der Waals surface area contributed by atoms with Crippen LogP contribution in [-0.4, -0.2) is 18.6 Å². The van der Waals surface area contributed by atoms with E-state index in [4.69, 9.17) is 11.6 Å². The summed E-state index contributed by atoms with van der Waals surface area (Å²) in [4.78, 5) is 11.9. The Bertz CT molecular complexity index is 657. The van der Waals surface area contributed by atoms with Crippen molar-refractivity contribution in [1.29, 1.82) is 0 Å². The number of rotatable bonds is 3. The van der Waals surface area contributed by atoms with Crippen LogP contribution in [-0.2, 0) is 6.42 Å². The van der Waals surface area contributed by atoms with Gasteiger partial charge in [-0.25, -0.2) is 4.79 Å². The average Bonchev–Trinajstić information content (AvgIpc) is 2.55. The van der Waals surface area contributed by atoms with Crippen LogP contribution in [0.1, 0.15) is 12.0 Å². The maximum absolute atomic E-state index is 11.9. The number of carbonyl (C=O) groups excluding carboxylic acids is 1. The molecule has 1 atom stereocenters. The van der Waals surface area contributed by atoms with E-state index in [1.165, 1.54) is 11.3 Å². The summed E-state index contributed by atoms with van der Waals surface area (Å²) in [5.74, 6) is 0. The van der Waals surface area contributed by atoms with Gasteiger partial charge in [0.1, 0.15) is 0 Å². The highest BCUT2D eigenvalue weighted by Crippen LogP contribution is 2.23. The van der Waals surface area contributed by atoms with Gasteiger partial charge in [-0.1, -0.05) is 29.8 Å². The fourth-order valence-electron chi connectivity index (χ4n) is 2.58. The molecule has 0 saturated carbocycles. The molecule has 0 radical (unpaired) electrons. The lowest BCUT2D eigenvalue weighted by molar-refractivity contribution is 0.251. The zero-order chi connectivity index (χ0) is 15.4. The Labute approximate surface area is 134 Å². The molecule has 1 aliphatic rings. The summed E-state index contributed by atoms with van der Waals surface area (Å²) in [6.07, 6.45) is 2.05. The van der Waals surface area contributed by atoms with Gasteiger partial charge in [0, 0.05) is 29.0 Å². The molecule has 0 aromatic heterocycles. The summed E-state index contributed by atoms with van der Waals surface area (Å²) in [6.45, 7) is 0.591. The topological polar surface area (TPSA) is 53.2 Å². The first-order valence-electron chi connectivity index (χ1n) is 7.35. The number of urea groups is 1. The zero-order valence-electron chi connectivity index (χ0n) is 12.1. The van der Waals surface area contributed by atoms with Gasteiger partial charge in [-0.05, 0) is 48.7 Å². The molecule has 0 aliphatic carbocycles. The van der Waals surface area contributed by atoms with Crippen LogP contribution >= 0.6 is 11.6 Å². The van der Waals surface area contributed by atoms with Crippen molar-refractivity contribution in [3.05, 3.63) is 59.1 Å². The number of halogens is 1. The Kier molecular flexibility index (Phi) is 4.49. The van der Waals surface area contributed by atoms with Gasteiger partial charge in [0.25, 0.3) is 0 Å². The number of benzene rings is 2. The van der Waals surface area contributed by atoms with Gasteiger partial charge in [-0.3, -0.25) is 0 Å². The van der Waals surface area contributed by atoms with Crippen LogP contribution in [0.15, 0.2) is 48.5 Å². The lowest BCUT2D eigenvalue weighted by Crippen LogP contribution is -2.40. The lowest BCUT2D eigenvalue weighted by atomic mass is 9.98. The third-order valence-corrected chi connectivity index (χ3v) is 4.00. The normalized spacial score (nSPS) is 16.3. The highest BCUT2D eigenvalue weighted by Gasteiger charge is 2.17. The lowest BCUT2D eigenvalue weighted by Gasteiger charge is -2.27. The number of hydrogen-bond donors (Lipinski definition) is 3. The van der Waals surface area contributed by atoms with Gasteiger partial charge in [-0.2, -0.15) is 0 Å². The molecule has 2 amide bonds. The quantitative estimate of drug-likeness (QED) is 0.805. The molecule has 2 aromatic carbocycles. The summed E-state index contributed by atoms with van der Waals surface area (Å²) in [5.41, 5.74) is 3.23. The van der Waals surface area contributed by atoms with Gasteiger partial charge in [0.2, 0.25) is 0 Å². The molecule has 22 heavy (non-hydrogen) atoms. The van der Waals surface area contributed by atoms with Gasteiger partial charge in [-0.15, -0.1) is 0 Å². The van der Waals surface area contributed by atoms with Gasteiger partial charge in [0.05, 0.1) is 0 Å². The smallest absolute Gasteiger partial charge is 0.319 e. The second-order valence-corrected chi connectivity index (χ2v) is 5.82. The standard InChI is InChI=1S/C17H18ClN3O/c18-13-6-9-14(10-7-13)21-17(22)19-11-15-8-5-12-3-1-2-4-16(12)20-15/h1-4,6-7,9-10,15,20H,5,8,11H2,(H2,19,21,22). The Morgan fingerprint density at radius 2 is 1.95 bits per heavy atom. The second-order valence-electron chi connectivity index (χ2n) is 5.38. The van der Waals surface area contributed by atoms with Crippen molar-refractivity contribution >= 4 is 29.0 Å². The fourth-order valence-corrected chi connectivity index (χ4v) is 2.70. The van der Waals surface area contributed by atoms with Crippen molar-refractivity contribution in [3.63, 3.8) is 0 Å². The molecule has 2 aromatic rings. The Balaban J connectivity index is 1.49. The number of amides is 2. The molecule has 3 N–H and O–H groups in total. The van der Waals surface area contributed by atoms with E-state index in [-0.39, 0.29) is 12.1 Å². The Morgan fingerprint density at radius 3 is 2.77 bits per heavy atom. The second kappa shape index (κ2) is 6.71. The van der Waals surface area contributed by atoms with Crippen LogP contribution in [0.25, 0.3) is 0 Å². The van der Waals surface area contributed by atoms with Crippen LogP contribution in [0.5, 0.6) is 0 Å². The minimum Gasteiger partial charge on any atom is -0.380 e. The predicted octanol–water partition coefficient (Wildman–Crippen LogP) is 3.89. The Hall–Kier alpha value is -2.20. The first-order valence-corrected chi connectivity index (χ1v) is 7.73. The third kappa shape index (κ3) is 3.71. The number of fused-ring (bicyclic) bond motifs is 1. The van der Waals surface area contributed by atoms with E-state index < -0.39 is 0 Å². The Morgan fingerprint density at radius 1 is 1.18 bits per heavy atom. The molecular formula is C17H18ClN3O. The van der Waals surface area contributed by atoms with Crippen LogP contribution in [0, 0.1) is 0 Å². The molecule has 3 rings (SSSR count). The molecule has 1 unspecified atom stereocenters. The monoisotopic (exact) mass is 315 g/mol. The first-order chi connectivity index (χ1) is 10.7. The molecular weight excluding hydrogens is 298 g/mol. The largest absolute Gasteiger partial charge is 0.380 e. The zero-order valence-corrected chi connectivity index (χ0v) is 12.9. The summed E-state index contributed by atoms with van der Waals surface area (Å²) >= 11 is 5.82. The van der Waals surface area contributed by atoms with E-state index in [0.29, 0.717) is 11.6 Å². The summed E-state index contributed by atoms with van der Waals surface area (Å²) < 4.78 is 0. The molecule has 1 aliphatic heterocycles. The number of carbonyl (C=O) groups is 1. The van der Waals surface area contributed by atoms with E-state index >= 15 is 0 Å². The molecule has 0 spiro atoms. The van der Waals surface area contributed by atoms with Gasteiger partial charge >= 0.3 is 6.03 Å². The van der Waals surface area contributed by atoms with Crippen LogP contribution in [0.4, 0.5) is 16.2 Å². The van der Waals surface area contributed by atoms with E-state index in [1.807, 2.05) is 6.07 Å². The van der Waals surface area contributed by atoms with Crippen LogP contribution in [0.3, 0.4) is 0 Å². The van der Waals surface area contributed by atoms with E-state index in [2.05, 4.69) is 34.1 Å². The van der Waals surface area contributed by atoms with Gasteiger partial charge < -0.3 is 16.0 Å². The summed E-state index contributed by atoms with van der Waals surface area (Å²) in [5, 5.41) is 9.80. The maximum atomic E-state index is 11.9. The van der Waals surface area contributed by atoms with Crippen molar-refractivity contribution in [3.8, 4) is 0 Å². The van der Waals surface area contributed by atoms with Crippen molar-refractivity contribution in [1.82, 2.24) is 5.32 Å². The van der Waals surface area contributed by atoms with Crippen LogP contribution < -0.4 is 16.0 Å². The van der Waals surface area contributed by atoms with Crippen molar-refractivity contribution in [2.24, 2.45) is 0 Å². The molecule has 0 saturated heterocycles. The van der Waals surface area contributed by atoms with E-state index in [1.54, 1.807) is 24.3 Å². The van der Waals surface area contributed by atoms with Crippen molar-refractivity contribution in [2.75, 3.05) is 17.2 Å². The highest BCUT2D eigenvalue weighted by atomic mass is 35.5. The molecule has 0 fully saturated rings. The van der Waals surface area contributed by atoms with E-state index in [9.17, 15) is 4.79 Å². The third-order valence-electron chi connectivity index (χ3n) is 3.75. The first kappa shape index (κ1) is 14.7. The highest BCUT2D eigenvalue weighted by molar-refractivity contribution is 6.30. The molecule has 5 heteroatoms. The minimum absolute atomic E-state index is 0.206. The average molecular weight is 316 g/mol. The molecule has 4 nitrogen and oxygen atoms in total. The molecule has 0 bridgehead atoms. The minimum atomic E-state index is -0.206. The predicted molar refractivity (Wildman–Crippen MR) is 90.6 cm³/mol. The van der Waals surface area contributed by atoms with Gasteiger partial charge in [0.15, 0.2) is 0 Å². The van der Waals surface area contributed by atoms with Crippen molar-refractivity contribution < 1.29 is 4.79 Å². The molecule has 114 valence electrons.